The molecule has 2 heterocycles. The molecule has 2 aromatic rings. The van der Waals surface area contributed by atoms with E-state index >= 15 is 0 Å². The number of amides is 1. The molecule has 0 spiro atoms. The molecule has 1 fully saturated rings. The van der Waals surface area contributed by atoms with Gasteiger partial charge in [0, 0.05) is 24.9 Å². The van der Waals surface area contributed by atoms with E-state index in [1.165, 1.54) is 0 Å². The first-order chi connectivity index (χ1) is 9.75. The fraction of sp³-hybridized carbons (Fsp3) is 0.429. The van der Waals surface area contributed by atoms with Gasteiger partial charge in [0.15, 0.2) is 5.15 Å². The summed E-state index contributed by atoms with van der Waals surface area (Å²) in [6, 6.07) is 7.78. The van der Waals surface area contributed by atoms with Gasteiger partial charge in [-0.15, -0.1) is 0 Å². The van der Waals surface area contributed by atoms with Gasteiger partial charge in [-0.25, -0.2) is 0 Å². The number of halogens is 1. The fourth-order valence-electron chi connectivity index (χ4n) is 2.43. The number of benzene rings is 1. The van der Waals surface area contributed by atoms with Gasteiger partial charge in [-0.05, 0) is 12.1 Å². The van der Waals surface area contributed by atoms with E-state index in [2.05, 4.69) is 5.10 Å². The summed E-state index contributed by atoms with van der Waals surface area (Å²) in [5, 5.41) is 5.70. The molecule has 0 N–H and O–H groups in total. The standard InChI is InChI=1S/C14H16ClN3O2/c15-14-11-3-1-2-4-12(11)18(16-14)6-5-13(19)17-7-9-20-10-8-17/h1-4H,5-10H2. The van der Waals surface area contributed by atoms with E-state index in [0.29, 0.717) is 44.4 Å². The minimum atomic E-state index is 0.143. The number of ether oxygens (including phenoxy) is 1. The summed E-state index contributed by atoms with van der Waals surface area (Å²) in [5.41, 5.74) is 0.965. The largest absolute Gasteiger partial charge is 0.378 e. The van der Waals surface area contributed by atoms with Crippen LogP contribution in [0.2, 0.25) is 5.15 Å². The molecule has 1 amide bonds. The van der Waals surface area contributed by atoms with Crippen molar-refractivity contribution < 1.29 is 9.53 Å². The highest BCUT2D eigenvalue weighted by molar-refractivity contribution is 6.34. The Hall–Kier alpha value is -1.59. The first-order valence-corrected chi connectivity index (χ1v) is 7.10. The van der Waals surface area contributed by atoms with Gasteiger partial charge >= 0.3 is 0 Å². The van der Waals surface area contributed by atoms with Gasteiger partial charge in [0.25, 0.3) is 0 Å². The molecule has 0 atom stereocenters. The summed E-state index contributed by atoms with van der Waals surface area (Å²) in [6.45, 7) is 3.16. The quantitative estimate of drug-likeness (QED) is 0.869. The van der Waals surface area contributed by atoms with Gasteiger partial charge in [-0.2, -0.15) is 5.10 Å². The number of hydrogen-bond acceptors (Lipinski definition) is 3. The van der Waals surface area contributed by atoms with Crippen LogP contribution in [-0.2, 0) is 16.1 Å². The van der Waals surface area contributed by atoms with Crippen molar-refractivity contribution in [1.29, 1.82) is 0 Å². The molecule has 0 unspecified atom stereocenters. The lowest BCUT2D eigenvalue weighted by Crippen LogP contribution is -2.41. The van der Waals surface area contributed by atoms with Crippen molar-refractivity contribution in [1.82, 2.24) is 14.7 Å². The maximum atomic E-state index is 12.1. The molecule has 106 valence electrons. The number of para-hydroxylation sites is 1. The molecule has 1 aliphatic rings. The van der Waals surface area contributed by atoms with Crippen molar-refractivity contribution in [2.24, 2.45) is 0 Å². The Morgan fingerprint density at radius 2 is 2.05 bits per heavy atom. The molecule has 1 aromatic carbocycles. The molecule has 3 rings (SSSR count). The maximum Gasteiger partial charge on any atom is 0.224 e. The Bertz CT molecular complexity index is 620. The molecule has 20 heavy (non-hydrogen) atoms. The van der Waals surface area contributed by atoms with E-state index in [9.17, 15) is 4.79 Å². The summed E-state index contributed by atoms with van der Waals surface area (Å²) in [4.78, 5) is 14.0. The van der Waals surface area contributed by atoms with Crippen molar-refractivity contribution in [3.05, 3.63) is 29.4 Å². The first-order valence-electron chi connectivity index (χ1n) is 6.72. The molecular weight excluding hydrogens is 278 g/mol. The van der Waals surface area contributed by atoms with Crippen LogP contribution in [0.4, 0.5) is 0 Å². The number of carbonyl (C=O) groups is 1. The second-order valence-electron chi connectivity index (χ2n) is 4.77. The highest BCUT2D eigenvalue weighted by atomic mass is 35.5. The predicted molar refractivity (Wildman–Crippen MR) is 76.8 cm³/mol. The minimum Gasteiger partial charge on any atom is -0.378 e. The molecule has 0 radical (unpaired) electrons. The maximum absolute atomic E-state index is 12.1. The number of aryl methyl sites for hydroxylation is 1. The average Bonchev–Trinajstić information content (AvgIpc) is 2.83. The van der Waals surface area contributed by atoms with Crippen LogP contribution in [0.15, 0.2) is 24.3 Å². The van der Waals surface area contributed by atoms with Gasteiger partial charge in [0.05, 0.1) is 25.3 Å². The molecule has 0 bridgehead atoms. The second-order valence-corrected chi connectivity index (χ2v) is 5.13. The first kappa shape index (κ1) is 13.4. The monoisotopic (exact) mass is 293 g/mol. The van der Waals surface area contributed by atoms with Crippen molar-refractivity contribution in [3.8, 4) is 0 Å². The highest BCUT2D eigenvalue weighted by Crippen LogP contribution is 2.22. The van der Waals surface area contributed by atoms with Crippen LogP contribution >= 0.6 is 11.6 Å². The van der Waals surface area contributed by atoms with Gasteiger partial charge in [-0.3, -0.25) is 9.48 Å². The van der Waals surface area contributed by atoms with Gasteiger partial charge < -0.3 is 9.64 Å². The van der Waals surface area contributed by atoms with Crippen molar-refractivity contribution >= 4 is 28.4 Å². The topological polar surface area (TPSA) is 47.4 Å². The van der Waals surface area contributed by atoms with Crippen molar-refractivity contribution in [2.75, 3.05) is 26.3 Å². The number of fused-ring (bicyclic) bond motifs is 1. The highest BCUT2D eigenvalue weighted by Gasteiger charge is 2.17. The van der Waals surface area contributed by atoms with Crippen molar-refractivity contribution in [2.45, 2.75) is 13.0 Å². The third-order valence-electron chi connectivity index (χ3n) is 3.51. The molecule has 5 nitrogen and oxygen atoms in total. The predicted octanol–water partition coefficient (Wildman–Crippen LogP) is 1.94. The van der Waals surface area contributed by atoms with Crippen LogP contribution in [0.3, 0.4) is 0 Å². The van der Waals surface area contributed by atoms with Gasteiger partial charge in [0.1, 0.15) is 0 Å². The molecule has 1 aliphatic heterocycles. The van der Waals surface area contributed by atoms with Crippen LogP contribution in [0.5, 0.6) is 0 Å². The summed E-state index contributed by atoms with van der Waals surface area (Å²) >= 11 is 6.10. The average molecular weight is 294 g/mol. The van der Waals surface area contributed by atoms with Crippen LogP contribution in [-0.4, -0.2) is 46.9 Å². The SMILES string of the molecule is O=C(CCn1nc(Cl)c2ccccc21)N1CCOCC1. The fourth-order valence-corrected chi connectivity index (χ4v) is 2.68. The second kappa shape index (κ2) is 5.81. The smallest absolute Gasteiger partial charge is 0.224 e. The van der Waals surface area contributed by atoms with E-state index in [1.54, 1.807) is 4.68 Å². The Labute approximate surface area is 122 Å². The minimum absolute atomic E-state index is 0.143. The Morgan fingerprint density at radius 3 is 2.85 bits per heavy atom. The van der Waals surface area contributed by atoms with E-state index in [-0.39, 0.29) is 5.91 Å². The van der Waals surface area contributed by atoms with E-state index < -0.39 is 0 Å². The molecular formula is C14H16ClN3O2. The Balaban J connectivity index is 1.69. The molecule has 1 saturated heterocycles. The lowest BCUT2D eigenvalue weighted by Gasteiger charge is -2.26. The van der Waals surface area contributed by atoms with E-state index in [4.69, 9.17) is 16.3 Å². The molecule has 0 saturated carbocycles. The lowest BCUT2D eigenvalue weighted by molar-refractivity contribution is -0.135. The normalized spacial score (nSPS) is 15.8. The van der Waals surface area contributed by atoms with Crippen molar-refractivity contribution in [3.63, 3.8) is 0 Å². The summed E-state index contributed by atoms with van der Waals surface area (Å²) in [5.74, 6) is 0.143. The zero-order valence-corrected chi connectivity index (χ0v) is 11.8. The van der Waals surface area contributed by atoms with Crippen LogP contribution in [0, 0.1) is 0 Å². The van der Waals surface area contributed by atoms with Gasteiger partial charge in [-0.1, -0.05) is 23.7 Å². The number of carbonyl (C=O) groups excluding carboxylic acids is 1. The van der Waals surface area contributed by atoms with Gasteiger partial charge in [0.2, 0.25) is 5.91 Å². The third-order valence-corrected chi connectivity index (χ3v) is 3.79. The zero-order chi connectivity index (χ0) is 13.9. The number of hydrogen-bond donors (Lipinski definition) is 0. The lowest BCUT2D eigenvalue weighted by atomic mass is 10.2. The number of aromatic nitrogens is 2. The summed E-state index contributed by atoms with van der Waals surface area (Å²) in [6.07, 6.45) is 0.433. The Morgan fingerprint density at radius 1 is 1.30 bits per heavy atom. The van der Waals surface area contributed by atoms with Crippen LogP contribution in [0.1, 0.15) is 6.42 Å². The summed E-state index contributed by atoms with van der Waals surface area (Å²) < 4.78 is 7.05. The van der Waals surface area contributed by atoms with Crippen LogP contribution in [0.25, 0.3) is 10.9 Å². The Kier molecular flexibility index (Phi) is 3.89. The number of nitrogens with zero attached hydrogens (tertiary/aromatic N) is 3. The third kappa shape index (κ3) is 2.64. The number of morpholine rings is 1. The summed E-state index contributed by atoms with van der Waals surface area (Å²) in [7, 11) is 0. The van der Waals surface area contributed by atoms with E-state index in [1.807, 2.05) is 29.2 Å². The zero-order valence-electron chi connectivity index (χ0n) is 11.1. The molecule has 1 aromatic heterocycles. The molecule has 0 aliphatic carbocycles. The van der Waals surface area contributed by atoms with E-state index in [0.717, 1.165) is 10.9 Å². The number of rotatable bonds is 3. The molecule has 6 heteroatoms. The van der Waals surface area contributed by atoms with Crippen LogP contribution < -0.4 is 0 Å².